The Balaban J connectivity index is 2.16. The van der Waals surface area contributed by atoms with E-state index in [4.69, 9.17) is 16.0 Å². The fourth-order valence-corrected chi connectivity index (χ4v) is 2.06. The highest BCUT2D eigenvalue weighted by Gasteiger charge is 2.11. The van der Waals surface area contributed by atoms with Crippen LogP contribution >= 0.6 is 27.5 Å². The van der Waals surface area contributed by atoms with Gasteiger partial charge in [0.2, 0.25) is 11.8 Å². The summed E-state index contributed by atoms with van der Waals surface area (Å²) in [7, 11) is 0. The first-order chi connectivity index (χ1) is 8.70. The lowest BCUT2D eigenvalue weighted by molar-refractivity contribution is 0.477. The summed E-state index contributed by atoms with van der Waals surface area (Å²) in [5.74, 6) is 1.04. The van der Waals surface area contributed by atoms with Gasteiger partial charge < -0.3 is 9.73 Å². The number of hydrogen-bond donors (Lipinski definition) is 1. The highest BCUT2D eigenvalue weighted by Crippen LogP contribution is 2.29. The molecule has 0 saturated carbocycles. The Labute approximate surface area is 119 Å². The lowest BCUT2D eigenvalue weighted by Crippen LogP contribution is -2.13. The van der Waals surface area contributed by atoms with E-state index in [1.54, 1.807) is 12.1 Å². The molecule has 4 nitrogen and oxygen atoms in total. The molecule has 0 aliphatic heterocycles. The molecule has 1 aromatic carbocycles. The lowest BCUT2D eigenvalue weighted by Gasteiger charge is -2.00. The second-order valence-corrected chi connectivity index (χ2v) is 5.09. The summed E-state index contributed by atoms with van der Waals surface area (Å²) in [5.41, 5.74) is 0.803. The minimum Gasteiger partial charge on any atom is -0.419 e. The minimum absolute atomic E-state index is 0.470. The van der Waals surface area contributed by atoms with E-state index in [1.807, 2.05) is 6.07 Å². The van der Waals surface area contributed by atoms with Crippen molar-refractivity contribution >= 4 is 27.5 Å². The van der Waals surface area contributed by atoms with Crippen LogP contribution in [0.15, 0.2) is 27.1 Å². The standard InChI is InChI=1S/C12H13BrClN3O/c1-2-5-15-7-11-16-17-12(18-11)9-6-8(14)3-4-10(9)13/h3-4,6,15H,2,5,7H2,1H3. The molecule has 2 rings (SSSR count). The molecule has 0 bridgehead atoms. The van der Waals surface area contributed by atoms with E-state index in [9.17, 15) is 0 Å². The fourth-order valence-electron chi connectivity index (χ4n) is 1.47. The highest BCUT2D eigenvalue weighted by molar-refractivity contribution is 9.10. The van der Waals surface area contributed by atoms with Crippen LogP contribution in [-0.4, -0.2) is 16.7 Å². The van der Waals surface area contributed by atoms with Crippen molar-refractivity contribution in [1.82, 2.24) is 15.5 Å². The van der Waals surface area contributed by atoms with Gasteiger partial charge in [0, 0.05) is 9.50 Å². The van der Waals surface area contributed by atoms with E-state index >= 15 is 0 Å². The Bertz CT molecular complexity index is 530. The molecule has 0 amide bonds. The number of hydrogen-bond acceptors (Lipinski definition) is 4. The largest absolute Gasteiger partial charge is 0.419 e. The van der Waals surface area contributed by atoms with Crippen molar-refractivity contribution in [2.75, 3.05) is 6.54 Å². The summed E-state index contributed by atoms with van der Waals surface area (Å²) in [6.07, 6.45) is 1.07. The molecular weight excluding hydrogens is 318 g/mol. The first kappa shape index (κ1) is 13.5. The first-order valence-electron chi connectivity index (χ1n) is 5.69. The summed E-state index contributed by atoms with van der Waals surface area (Å²) in [6.45, 7) is 3.62. The molecule has 2 aromatic rings. The molecule has 0 unspecified atom stereocenters. The monoisotopic (exact) mass is 329 g/mol. The number of nitrogens with one attached hydrogen (secondary N) is 1. The second kappa shape index (κ2) is 6.31. The molecule has 18 heavy (non-hydrogen) atoms. The molecule has 0 aliphatic carbocycles. The van der Waals surface area contributed by atoms with Crippen molar-refractivity contribution in [1.29, 1.82) is 0 Å². The lowest BCUT2D eigenvalue weighted by atomic mass is 10.2. The van der Waals surface area contributed by atoms with Crippen LogP contribution < -0.4 is 5.32 Å². The topological polar surface area (TPSA) is 51.0 Å². The minimum atomic E-state index is 0.470. The Kier molecular flexibility index (Phi) is 4.74. The Morgan fingerprint density at radius 2 is 2.22 bits per heavy atom. The zero-order valence-corrected chi connectivity index (χ0v) is 12.3. The number of rotatable bonds is 5. The van der Waals surface area contributed by atoms with Gasteiger partial charge in [-0.1, -0.05) is 18.5 Å². The summed E-state index contributed by atoms with van der Waals surface area (Å²) < 4.78 is 6.46. The Morgan fingerprint density at radius 1 is 1.39 bits per heavy atom. The third kappa shape index (κ3) is 3.31. The Hall–Kier alpha value is -0.910. The molecule has 1 heterocycles. The van der Waals surface area contributed by atoms with Crippen LogP contribution in [0.3, 0.4) is 0 Å². The van der Waals surface area contributed by atoms with Gasteiger partial charge in [-0.3, -0.25) is 0 Å². The Morgan fingerprint density at radius 3 is 3.00 bits per heavy atom. The van der Waals surface area contributed by atoms with Crippen LogP contribution in [0.25, 0.3) is 11.5 Å². The van der Waals surface area contributed by atoms with Gasteiger partial charge in [0.15, 0.2) is 0 Å². The van der Waals surface area contributed by atoms with Crippen molar-refractivity contribution in [3.8, 4) is 11.5 Å². The quantitative estimate of drug-likeness (QED) is 0.850. The smallest absolute Gasteiger partial charge is 0.249 e. The van der Waals surface area contributed by atoms with E-state index in [1.165, 1.54) is 0 Å². The number of aromatic nitrogens is 2. The van der Waals surface area contributed by atoms with Crippen LogP contribution in [0.2, 0.25) is 5.02 Å². The predicted molar refractivity (Wildman–Crippen MR) is 74.4 cm³/mol. The molecule has 0 aliphatic rings. The van der Waals surface area contributed by atoms with Gasteiger partial charge in [-0.15, -0.1) is 10.2 Å². The summed E-state index contributed by atoms with van der Waals surface area (Å²) in [5, 5.41) is 11.9. The maximum absolute atomic E-state index is 5.95. The predicted octanol–water partition coefficient (Wildman–Crippen LogP) is 3.65. The second-order valence-electron chi connectivity index (χ2n) is 3.80. The van der Waals surface area contributed by atoms with Crippen molar-refractivity contribution in [3.63, 3.8) is 0 Å². The van der Waals surface area contributed by atoms with Crippen LogP contribution in [0, 0.1) is 0 Å². The fraction of sp³-hybridized carbons (Fsp3) is 0.333. The van der Waals surface area contributed by atoms with Gasteiger partial charge in [0.25, 0.3) is 0 Å². The third-order valence-electron chi connectivity index (χ3n) is 2.33. The van der Waals surface area contributed by atoms with Crippen molar-refractivity contribution in [3.05, 3.63) is 33.6 Å². The van der Waals surface area contributed by atoms with E-state index in [0.29, 0.717) is 23.3 Å². The van der Waals surface area contributed by atoms with E-state index < -0.39 is 0 Å². The average Bonchev–Trinajstić information content (AvgIpc) is 2.81. The first-order valence-corrected chi connectivity index (χ1v) is 6.86. The van der Waals surface area contributed by atoms with Gasteiger partial charge >= 0.3 is 0 Å². The number of halogens is 2. The van der Waals surface area contributed by atoms with E-state index in [0.717, 1.165) is 23.0 Å². The van der Waals surface area contributed by atoms with Gasteiger partial charge in [-0.25, -0.2) is 0 Å². The average molecular weight is 331 g/mol. The molecule has 1 N–H and O–H groups in total. The third-order valence-corrected chi connectivity index (χ3v) is 3.26. The summed E-state index contributed by atoms with van der Waals surface area (Å²) >= 11 is 9.39. The summed E-state index contributed by atoms with van der Waals surface area (Å²) in [6, 6.07) is 5.45. The molecule has 0 fully saturated rings. The number of benzene rings is 1. The zero-order chi connectivity index (χ0) is 13.0. The molecule has 1 aromatic heterocycles. The molecule has 0 spiro atoms. The van der Waals surface area contributed by atoms with Crippen molar-refractivity contribution < 1.29 is 4.42 Å². The molecule has 0 saturated heterocycles. The molecular formula is C12H13BrClN3O. The van der Waals surface area contributed by atoms with Crippen LogP contribution in [-0.2, 0) is 6.54 Å². The van der Waals surface area contributed by atoms with Gasteiger partial charge in [-0.05, 0) is 47.1 Å². The maximum Gasteiger partial charge on any atom is 0.249 e. The van der Waals surface area contributed by atoms with Gasteiger partial charge in [0.1, 0.15) is 0 Å². The normalized spacial score (nSPS) is 10.8. The van der Waals surface area contributed by atoms with Gasteiger partial charge in [0.05, 0.1) is 12.1 Å². The van der Waals surface area contributed by atoms with E-state index in [2.05, 4.69) is 38.4 Å². The molecule has 96 valence electrons. The maximum atomic E-state index is 5.95. The van der Waals surface area contributed by atoms with Crippen molar-refractivity contribution in [2.45, 2.75) is 19.9 Å². The van der Waals surface area contributed by atoms with Crippen LogP contribution in [0.4, 0.5) is 0 Å². The molecule has 0 radical (unpaired) electrons. The summed E-state index contributed by atoms with van der Waals surface area (Å²) in [4.78, 5) is 0. The highest BCUT2D eigenvalue weighted by atomic mass is 79.9. The van der Waals surface area contributed by atoms with Gasteiger partial charge in [-0.2, -0.15) is 0 Å². The molecule has 6 heteroatoms. The van der Waals surface area contributed by atoms with Crippen molar-refractivity contribution in [2.24, 2.45) is 0 Å². The SMILES string of the molecule is CCCNCc1nnc(-c2cc(Cl)ccc2Br)o1. The van der Waals surface area contributed by atoms with Crippen LogP contribution in [0.1, 0.15) is 19.2 Å². The molecule has 0 atom stereocenters. The van der Waals surface area contributed by atoms with Crippen LogP contribution in [0.5, 0.6) is 0 Å². The zero-order valence-electron chi connectivity index (χ0n) is 9.91. The number of nitrogens with zero attached hydrogens (tertiary/aromatic N) is 2. The van der Waals surface area contributed by atoms with E-state index in [-0.39, 0.29) is 0 Å².